The molecule has 0 radical (unpaired) electrons. The molecule has 2 saturated carbocycles. The Morgan fingerprint density at radius 2 is 2.28 bits per heavy atom. The number of aromatic nitrogens is 1. The highest BCUT2D eigenvalue weighted by molar-refractivity contribution is 5.87. The van der Waals surface area contributed by atoms with E-state index < -0.39 is 5.54 Å². The van der Waals surface area contributed by atoms with E-state index in [1.807, 2.05) is 23.2 Å². The van der Waals surface area contributed by atoms with E-state index in [1.165, 1.54) is 0 Å². The molecule has 1 heterocycles. The Morgan fingerprint density at radius 1 is 1.50 bits per heavy atom. The van der Waals surface area contributed by atoms with Gasteiger partial charge < -0.3 is 10.6 Å². The molecular weight excluding hydrogens is 226 g/mol. The van der Waals surface area contributed by atoms with Gasteiger partial charge in [-0.2, -0.15) is 0 Å². The highest BCUT2D eigenvalue weighted by atomic mass is 16.2. The number of nitrogens with two attached hydrogens (primary N) is 1. The minimum atomic E-state index is -0.579. The second-order valence-corrected chi connectivity index (χ2v) is 5.54. The first-order valence-corrected chi connectivity index (χ1v) is 6.68. The molecule has 1 aromatic heterocycles. The summed E-state index contributed by atoms with van der Waals surface area (Å²) >= 11 is 0. The van der Waals surface area contributed by atoms with Gasteiger partial charge in [0.2, 0.25) is 5.91 Å². The van der Waals surface area contributed by atoms with Gasteiger partial charge in [0.25, 0.3) is 0 Å². The SMILES string of the molecule is NC1(C(=O)N(Cc2cccnc2)C2CC2)CCC1. The van der Waals surface area contributed by atoms with E-state index >= 15 is 0 Å². The van der Waals surface area contributed by atoms with E-state index in [-0.39, 0.29) is 5.91 Å². The molecule has 0 spiro atoms. The molecule has 2 aliphatic carbocycles. The number of nitrogens with zero attached hydrogens (tertiary/aromatic N) is 2. The first-order valence-electron chi connectivity index (χ1n) is 6.68. The molecule has 1 amide bonds. The van der Waals surface area contributed by atoms with Crippen molar-refractivity contribution >= 4 is 5.91 Å². The predicted molar refractivity (Wildman–Crippen MR) is 68.6 cm³/mol. The van der Waals surface area contributed by atoms with Gasteiger partial charge in [0.05, 0.1) is 5.54 Å². The lowest BCUT2D eigenvalue weighted by molar-refractivity contribution is -0.141. The lowest BCUT2D eigenvalue weighted by Gasteiger charge is -2.40. The van der Waals surface area contributed by atoms with Crippen LogP contribution in [-0.4, -0.2) is 27.4 Å². The van der Waals surface area contributed by atoms with Crippen molar-refractivity contribution in [3.63, 3.8) is 0 Å². The van der Waals surface area contributed by atoms with Gasteiger partial charge in [-0.25, -0.2) is 0 Å². The fourth-order valence-electron chi connectivity index (χ4n) is 2.50. The molecule has 1 aromatic rings. The summed E-state index contributed by atoms with van der Waals surface area (Å²) in [5.41, 5.74) is 6.67. The number of amides is 1. The standard InChI is InChI=1S/C14H19N3O/c15-14(6-2-7-14)13(18)17(12-4-5-12)10-11-3-1-8-16-9-11/h1,3,8-9,12H,2,4-7,10,15H2. The Morgan fingerprint density at radius 3 is 2.78 bits per heavy atom. The minimum absolute atomic E-state index is 0.139. The average Bonchev–Trinajstić information content (AvgIpc) is 3.18. The Labute approximate surface area is 107 Å². The lowest BCUT2D eigenvalue weighted by atomic mass is 9.76. The first-order chi connectivity index (χ1) is 8.69. The summed E-state index contributed by atoms with van der Waals surface area (Å²) in [4.78, 5) is 18.6. The Hall–Kier alpha value is -1.42. The van der Waals surface area contributed by atoms with E-state index in [0.717, 1.165) is 37.7 Å². The van der Waals surface area contributed by atoms with Gasteiger partial charge in [0.1, 0.15) is 0 Å². The van der Waals surface area contributed by atoms with Gasteiger partial charge in [0, 0.05) is 25.0 Å². The van der Waals surface area contributed by atoms with Crippen molar-refractivity contribution in [2.75, 3.05) is 0 Å². The molecule has 0 aliphatic heterocycles. The van der Waals surface area contributed by atoms with Gasteiger partial charge in [-0.15, -0.1) is 0 Å². The van der Waals surface area contributed by atoms with Crippen LogP contribution in [0.25, 0.3) is 0 Å². The van der Waals surface area contributed by atoms with Crippen molar-refractivity contribution in [3.8, 4) is 0 Å². The van der Waals surface area contributed by atoms with Gasteiger partial charge in [-0.1, -0.05) is 6.07 Å². The number of pyridine rings is 1. The Kier molecular flexibility index (Phi) is 2.82. The van der Waals surface area contributed by atoms with Crippen LogP contribution >= 0.6 is 0 Å². The molecule has 18 heavy (non-hydrogen) atoms. The third kappa shape index (κ3) is 2.12. The largest absolute Gasteiger partial charge is 0.334 e. The zero-order chi connectivity index (χ0) is 12.6. The molecule has 0 bridgehead atoms. The van der Waals surface area contributed by atoms with Gasteiger partial charge in [-0.3, -0.25) is 9.78 Å². The van der Waals surface area contributed by atoms with Crippen molar-refractivity contribution in [2.45, 2.75) is 50.2 Å². The molecule has 2 N–H and O–H groups in total. The monoisotopic (exact) mass is 245 g/mol. The number of hydrogen-bond donors (Lipinski definition) is 1. The van der Waals surface area contributed by atoms with E-state index in [4.69, 9.17) is 5.73 Å². The van der Waals surface area contributed by atoms with Crippen molar-refractivity contribution in [2.24, 2.45) is 5.73 Å². The third-order valence-electron chi connectivity index (χ3n) is 4.00. The number of hydrogen-bond acceptors (Lipinski definition) is 3. The molecule has 2 fully saturated rings. The number of carbonyl (C=O) groups excluding carboxylic acids is 1. The molecular formula is C14H19N3O. The Bertz CT molecular complexity index is 438. The summed E-state index contributed by atoms with van der Waals surface area (Å²) < 4.78 is 0. The van der Waals surface area contributed by atoms with Crippen LogP contribution in [0.3, 0.4) is 0 Å². The van der Waals surface area contributed by atoms with Crippen molar-refractivity contribution < 1.29 is 4.79 Å². The average molecular weight is 245 g/mol. The van der Waals surface area contributed by atoms with Crippen molar-refractivity contribution in [3.05, 3.63) is 30.1 Å². The maximum atomic E-state index is 12.5. The van der Waals surface area contributed by atoms with Crippen molar-refractivity contribution in [1.29, 1.82) is 0 Å². The summed E-state index contributed by atoms with van der Waals surface area (Å²) in [6.07, 6.45) is 8.55. The number of carbonyl (C=O) groups is 1. The van der Waals surface area contributed by atoms with Gasteiger partial charge in [0.15, 0.2) is 0 Å². The van der Waals surface area contributed by atoms with Crippen LogP contribution in [0, 0.1) is 0 Å². The van der Waals surface area contributed by atoms with E-state index in [1.54, 1.807) is 6.20 Å². The smallest absolute Gasteiger partial charge is 0.243 e. The zero-order valence-corrected chi connectivity index (χ0v) is 10.5. The maximum Gasteiger partial charge on any atom is 0.243 e. The van der Waals surface area contributed by atoms with Crippen LogP contribution in [-0.2, 0) is 11.3 Å². The van der Waals surface area contributed by atoms with Gasteiger partial charge in [-0.05, 0) is 43.7 Å². The van der Waals surface area contributed by atoms with Crippen LogP contribution < -0.4 is 5.73 Å². The van der Waals surface area contributed by atoms with Crippen molar-refractivity contribution in [1.82, 2.24) is 9.88 Å². The van der Waals surface area contributed by atoms with Crippen LogP contribution in [0.1, 0.15) is 37.7 Å². The summed E-state index contributed by atoms with van der Waals surface area (Å²) in [7, 11) is 0. The van der Waals surface area contributed by atoms with Crippen LogP contribution in [0.5, 0.6) is 0 Å². The highest BCUT2D eigenvalue weighted by Gasteiger charge is 2.46. The second-order valence-electron chi connectivity index (χ2n) is 5.54. The quantitative estimate of drug-likeness (QED) is 0.873. The summed E-state index contributed by atoms with van der Waals surface area (Å²) in [6, 6.07) is 4.32. The third-order valence-corrected chi connectivity index (χ3v) is 4.00. The summed E-state index contributed by atoms with van der Waals surface area (Å²) in [6.45, 7) is 0.649. The molecule has 96 valence electrons. The molecule has 0 saturated heterocycles. The fourth-order valence-corrected chi connectivity index (χ4v) is 2.50. The van der Waals surface area contributed by atoms with E-state index in [0.29, 0.717) is 12.6 Å². The van der Waals surface area contributed by atoms with E-state index in [2.05, 4.69) is 4.98 Å². The highest BCUT2D eigenvalue weighted by Crippen LogP contribution is 2.36. The Balaban J connectivity index is 1.74. The topological polar surface area (TPSA) is 59.2 Å². The lowest BCUT2D eigenvalue weighted by Crippen LogP contribution is -2.59. The van der Waals surface area contributed by atoms with Gasteiger partial charge >= 0.3 is 0 Å². The molecule has 4 nitrogen and oxygen atoms in total. The molecule has 2 aliphatic rings. The maximum absolute atomic E-state index is 12.5. The molecule has 0 atom stereocenters. The van der Waals surface area contributed by atoms with Crippen LogP contribution in [0.15, 0.2) is 24.5 Å². The normalized spacial score (nSPS) is 21.2. The predicted octanol–water partition coefficient (Wildman–Crippen LogP) is 1.45. The molecule has 3 rings (SSSR count). The molecule has 4 heteroatoms. The number of rotatable bonds is 4. The minimum Gasteiger partial charge on any atom is -0.334 e. The van der Waals surface area contributed by atoms with E-state index in [9.17, 15) is 4.79 Å². The zero-order valence-electron chi connectivity index (χ0n) is 10.5. The van der Waals surface area contributed by atoms with Crippen LogP contribution in [0.4, 0.5) is 0 Å². The molecule has 0 unspecified atom stereocenters. The fraction of sp³-hybridized carbons (Fsp3) is 0.571. The second kappa shape index (κ2) is 4.35. The molecule has 0 aromatic carbocycles. The summed E-state index contributed by atoms with van der Waals surface area (Å²) in [5, 5.41) is 0. The summed E-state index contributed by atoms with van der Waals surface area (Å²) in [5.74, 6) is 0.139. The van der Waals surface area contributed by atoms with Crippen LogP contribution in [0.2, 0.25) is 0 Å². The first kappa shape index (κ1) is 11.7.